The lowest BCUT2D eigenvalue weighted by molar-refractivity contribution is -0.152. The second-order valence-electron chi connectivity index (χ2n) is 7.59. The van der Waals surface area contributed by atoms with Gasteiger partial charge in [0.1, 0.15) is 6.61 Å². The summed E-state index contributed by atoms with van der Waals surface area (Å²) in [5.74, 6) is -1.90. The number of rotatable bonds is 20. The molecule has 1 atom stereocenters. The summed E-state index contributed by atoms with van der Waals surface area (Å²) in [4.78, 5) is 22.8. The summed E-state index contributed by atoms with van der Waals surface area (Å²) < 4.78 is 5.00. The Morgan fingerprint density at radius 2 is 1.43 bits per heavy atom. The van der Waals surface area contributed by atoms with Gasteiger partial charge in [-0.05, 0) is 32.1 Å². The molecule has 0 aromatic heterocycles. The summed E-state index contributed by atoms with van der Waals surface area (Å²) in [7, 11) is 0. The molecule has 0 saturated heterocycles. The van der Waals surface area contributed by atoms with E-state index in [9.17, 15) is 9.59 Å². The summed E-state index contributed by atoms with van der Waals surface area (Å²) in [5.41, 5.74) is 0. The van der Waals surface area contributed by atoms with Crippen LogP contribution in [0.1, 0.15) is 103 Å². The second kappa shape index (κ2) is 20.2. The normalized spacial score (nSPS) is 12.2. The Bertz CT molecular complexity index is 428. The molecule has 0 aliphatic heterocycles. The number of unbranched alkanes of at least 4 members (excludes halogenated alkanes) is 11. The Labute approximate surface area is 172 Å². The molecule has 0 rings (SSSR count). The average Bonchev–Trinajstić information content (AvgIpc) is 2.67. The van der Waals surface area contributed by atoms with Crippen LogP contribution in [-0.2, 0) is 14.3 Å². The van der Waals surface area contributed by atoms with Gasteiger partial charge in [0.05, 0.1) is 12.3 Å². The number of carboxylic acids is 1. The van der Waals surface area contributed by atoms with E-state index in [4.69, 9.17) is 9.84 Å². The van der Waals surface area contributed by atoms with E-state index in [1.807, 2.05) is 0 Å². The molecule has 0 aromatic rings. The van der Waals surface area contributed by atoms with E-state index >= 15 is 0 Å². The number of carbonyl (C=O) groups excluding carboxylic acids is 1. The topological polar surface area (TPSA) is 63.6 Å². The first-order valence-corrected chi connectivity index (χ1v) is 11.3. The number of esters is 1. The smallest absolute Gasteiger partial charge is 0.309 e. The van der Waals surface area contributed by atoms with Crippen LogP contribution in [0.2, 0.25) is 0 Å². The summed E-state index contributed by atoms with van der Waals surface area (Å²) in [5, 5.41) is 8.95. The first-order valence-electron chi connectivity index (χ1n) is 11.3. The van der Waals surface area contributed by atoms with Gasteiger partial charge in [-0.25, -0.2) is 0 Å². The maximum atomic E-state index is 11.9. The van der Waals surface area contributed by atoms with Crippen LogP contribution in [0, 0.1) is 5.92 Å². The lowest BCUT2D eigenvalue weighted by atomic mass is 9.97. The van der Waals surface area contributed by atoms with Gasteiger partial charge >= 0.3 is 11.9 Å². The zero-order valence-corrected chi connectivity index (χ0v) is 18.0. The first kappa shape index (κ1) is 26.4. The van der Waals surface area contributed by atoms with Gasteiger partial charge in [0.2, 0.25) is 0 Å². The number of hydrogen-bond acceptors (Lipinski definition) is 3. The van der Waals surface area contributed by atoms with Crippen LogP contribution in [-0.4, -0.2) is 23.7 Å². The van der Waals surface area contributed by atoms with Crippen LogP contribution in [0.5, 0.6) is 0 Å². The monoisotopic (exact) mass is 394 g/mol. The molecular formula is C24H42O4. The highest BCUT2D eigenvalue weighted by Gasteiger charge is 2.22. The molecule has 0 radical (unpaired) electrons. The fourth-order valence-electron chi connectivity index (χ4n) is 3.23. The van der Waals surface area contributed by atoms with E-state index in [0.717, 1.165) is 19.3 Å². The number of carbonyl (C=O) groups is 2. The van der Waals surface area contributed by atoms with Crippen LogP contribution in [0.25, 0.3) is 0 Å². The highest BCUT2D eigenvalue weighted by atomic mass is 16.5. The van der Waals surface area contributed by atoms with Crippen LogP contribution < -0.4 is 0 Å². The predicted molar refractivity (Wildman–Crippen MR) is 116 cm³/mol. The molecule has 28 heavy (non-hydrogen) atoms. The number of aliphatic carboxylic acids is 1. The molecule has 1 unspecified atom stereocenters. The van der Waals surface area contributed by atoms with Crippen LogP contribution in [0.15, 0.2) is 24.8 Å². The minimum Gasteiger partial charge on any atom is -0.481 e. The third-order valence-electron chi connectivity index (χ3n) is 4.91. The molecule has 0 amide bonds. The molecule has 0 aliphatic rings. The molecule has 0 bridgehead atoms. The maximum absolute atomic E-state index is 11.9. The zero-order chi connectivity index (χ0) is 20.9. The van der Waals surface area contributed by atoms with E-state index in [-0.39, 0.29) is 13.0 Å². The standard InChI is InChI=1S/C24H42O4/c1-3-5-6-7-8-9-10-11-12-13-14-15-16-17-18-19-22(21-23(25)26)24(27)28-20-4-2/h4,9-10,22H,2-3,5-8,11-21H2,1H3,(H,25,26)/b10-9+. The van der Waals surface area contributed by atoms with Crippen molar-refractivity contribution in [1.29, 1.82) is 0 Å². The SMILES string of the molecule is C=CCOC(=O)C(CCCCCCCCC/C=C/CCCCCC)CC(=O)O. The van der Waals surface area contributed by atoms with Crippen LogP contribution in [0.3, 0.4) is 0 Å². The van der Waals surface area contributed by atoms with Gasteiger partial charge in [-0.3, -0.25) is 9.59 Å². The van der Waals surface area contributed by atoms with Crippen LogP contribution in [0.4, 0.5) is 0 Å². The third-order valence-corrected chi connectivity index (χ3v) is 4.91. The fraction of sp³-hybridized carbons (Fsp3) is 0.750. The molecule has 0 aliphatic carbocycles. The zero-order valence-electron chi connectivity index (χ0n) is 18.0. The second-order valence-corrected chi connectivity index (χ2v) is 7.59. The van der Waals surface area contributed by atoms with Crippen molar-refractivity contribution in [3.63, 3.8) is 0 Å². The quantitative estimate of drug-likeness (QED) is 0.139. The summed E-state index contributed by atoms with van der Waals surface area (Å²) in [6.45, 7) is 5.89. The molecule has 4 heteroatoms. The lowest BCUT2D eigenvalue weighted by Crippen LogP contribution is -2.21. The minimum atomic E-state index is -0.949. The first-order chi connectivity index (χ1) is 13.6. The largest absolute Gasteiger partial charge is 0.481 e. The lowest BCUT2D eigenvalue weighted by Gasteiger charge is -2.13. The van der Waals surface area contributed by atoms with Gasteiger partial charge in [-0.15, -0.1) is 0 Å². The van der Waals surface area contributed by atoms with Gasteiger partial charge < -0.3 is 9.84 Å². The minimum absolute atomic E-state index is 0.142. The number of carboxylic acid groups (broad SMARTS) is 1. The van der Waals surface area contributed by atoms with Gasteiger partial charge in [-0.1, -0.05) is 89.5 Å². The molecule has 4 nitrogen and oxygen atoms in total. The van der Waals surface area contributed by atoms with E-state index in [1.165, 1.54) is 70.3 Å². The molecule has 0 saturated carbocycles. The molecular weight excluding hydrogens is 352 g/mol. The Morgan fingerprint density at radius 1 is 0.893 bits per heavy atom. The fourth-order valence-corrected chi connectivity index (χ4v) is 3.23. The van der Waals surface area contributed by atoms with Crippen molar-refractivity contribution in [3.05, 3.63) is 24.8 Å². The van der Waals surface area contributed by atoms with Gasteiger partial charge in [0.15, 0.2) is 0 Å². The van der Waals surface area contributed by atoms with E-state index in [2.05, 4.69) is 25.7 Å². The van der Waals surface area contributed by atoms with E-state index in [0.29, 0.717) is 6.42 Å². The van der Waals surface area contributed by atoms with Gasteiger partial charge in [0.25, 0.3) is 0 Å². The highest BCUT2D eigenvalue weighted by molar-refractivity contribution is 5.79. The molecule has 0 heterocycles. The molecule has 0 spiro atoms. The van der Waals surface area contributed by atoms with Crippen molar-refractivity contribution in [2.75, 3.05) is 6.61 Å². The molecule has 0 aromatic carbocycles. The average molecular weight is 395 g/mol. The summed E-state index contributed by atoms with van der Waals surface area (Å²) in [6.07, 6.45) is 22.4. The molecule has 162 valence electrons. The van der Waals surface area contributed by atoms with Crippen molar-refractivity contribution >= 4 is 11.9 Å². The van der Waals surface area contributed by atoms with Crippen molar-refractivity contribution in [2.24, 2.45) is 5.92 Å². The number of hydrogen-bond donors (Lipinski definition) is 1. The Morgan fingerprint density at radius 3 is 1.96 bits per heavy atom. The molecule has 1 N–H and O–H groups in total. The van der Waals surface area contributed by atoms with Gasteiger partial charge in [0, 0.05) is 0 Å². The van der Waals surface area contributed by atoms with Gasteiger partial charge in [-0.2, -0.15) is 0 Å². The van der Waals surface area contributed by atoms with E-state index < -0.39 is 17.9 Å². The molecule has 0 fully saturated rings. The van der Waals surface area contributed by atoms with Crippen LogP contribution >= 0.6 is 0 Å². The summed E-state index contributed by atoms with van der Waals surface area (Å²) in [6, 6.07) is 0. The Balaban J connectivity index is 3.59. The third kappa shape index (κ3) is 17.8. The number of allylic oxidation sites excluding steroid dienone is 2. The van der Waals surface area contributed by atoms with E-state index in [1.54, 1.807) is 0 Å². The predicted octanol–water partition coefficient (Wildman–Crippen LogP) is 6.84. The van der Waals surface area contributed by atoms with Crippen molar-refractivity contribution in [2.45, 2.75) is 103 Å². The van der Waals surface area contributed by atoms with Crippen molar-refractivity contribution < 1.29 is 19.4 Å². The number of ether oxygens (including phenoxy) is 1. The van der Waals surface area contributed by atoms with Crippen molar-refractivity contribution in [1.82, 2.24) is 0 Å². The maximum Gasteiger partial charge on any atom is 0.309 e. The Kier molecular flexibility index (Phi) is 19.0. The Hall–Kier alpha value is -1.58. The highest BCUT2D eigenvalue weighted by Crippen LogP contribution is 2.17. The summed E-state index contributed by atoms with van der Waals surface area (Å²) >= 11 is 0. The van der Waals surface area contributed by atoms with Crippen molar-refractivity contribution in [3.8, 4) is 0 Å².